The van der Waals surface area contributed by atoms with E-state index in [0.29, 0.717) is 12.3 Å². The molecule has 0 fully saturated rings. The van der Waals surface area contributed by atoms with E-state index in [2.05, 4.69) is 0 Å². The van der Waals surface area contributed by atoms with Crippen LogP contribution < -0.4 is 9.64 Å². The second-order valence-corrected chi connectivity index (χ2v) is 4.66. The van der Waals surface area contributed by atoms with Crippen LogP contribution in [0.2, 0.25) is 0 Å². The average Bonchev–Trinajstić information content (AvgIpc) is 2.67. The highest BCUT2D eigenvalue weighted by atomic mass is 16.5. The lowest BCUT2D eigenvalue weighted by Gasteiger charge is -2.18. The third-order valence-corrected chi connectivity index (χ3v) is 3.32. The maximum atomic E-state index is 11.5. The number of benzene rings is 1. The Bertz CT molecular complexity index is 534. The number of carbonyl (C=O) groups excluding carboxylic acids is 2. The zero-order valence-electron chi connectivity index (χ0n) is 11.2. The number of nitrogens with zero attached hydrogens (tertiary/aromatic N) is 1. The van der Waals surface area contributed by atoms with E-state index in [1.807, 2.05) is 19.9 Å². The van der Waals surface area contributed by atoms with Crippen LogP contribution in [-0.4, -0.2) is 18.4 Å². The fraction of sp³-hybridized carbons (Fsp3) is 0.429. The predicted octanol–water partition coefficient (Wildman–Crippen LogP) is 2.14. The van der Waals surface area contributed by atoms with Crippen molar-refractivity contribution in [2.75, 3.05) is 11.4 Å². The molecule has 1 amide bonds. The summed E-state index contributed by atoms with van der Waals surface area (Å²) >= 11 is 0. The van der Waals surface area contributed by atoms with Gasteiger partial charge >= 0.3 is 5.97 Å². The minimum absolute atomic E-state index is 0.0489. The van der Waals surface area contributed by atoms with Crippen molar-refractivity contribution < 1.29 is 14.3 Å². The van der Waals surface area contributed by atoms with Crippen LogP contribution in [0, 0.1) is 13.8 Å². The summed E-state index contributed by atoms with van der Waals surface area (Å²) < 4.78 is 5.25. The molecule has 18 heavy (non-hydrogen) atoms. The van der Waals surface area contributed by atoms with E-state index in [9.17, 15) is 9.59 Å². The van der Waals surface area contributed by atoms with Crippen molar-refractivity contribution in [3.63, 3.8) is 0 Å². The van der Waals surface area contributed by atoms with Crippen LogP contribution in [0.4, 0.5) is 5.69 Å². The molecule has 0 spiro atoms. The van der Waals surface area contributed by atoms with Crippen LogP contribution in [0.1, 0.15) is 30.5 Å². The zero-order chi connectivity index (χ0) is 13.4. The summed E-state index contributed by atoms with van der Waals surface area (Å²) in [4.78, 5) is 24.4. The number of hydrogen-bond donors (Lipinski definition) is 0. The smallest absolute Gasteiger partial charge is 0.308 e. The van der Waals surface area contributed by atoms with Crippen molar-refractivity contribution >= 4 is 17.6 Å². The van der Waals surface area contributed by atoms with Crippen molar-refractivity contribution in [3.05, 3.63) is 22.8 Å². The SMILES string of the molecule is CC(=O)Oc1c(C)cc2c(c1C)CCN2C(C)=O. The minimum atomic E-state index is -0.317. The van der Waals surface area contributed by atoms with Crippen LogP contribution in [0.25, 0.3) is 0 Å². The van der Waals surface area contributed by atoms with E-state index >= 15 is 0 Å². The first kappa shape index (κ1) is 12.6. The van der Waals surface area contributed by atoms with Crippen LogP contribution in [-0.2, 0) is 16.0 Å². The summed E-state index contributed by atoms with van der Waals surface area (Å²) in [6.07, 6.45) is 0.815. The Balaban J connectivity index is 2.53. The molecule has 0 aromatic heterocycles. The Hall–Kier alpha value is -1.84. The second-order valence-electron chi connectivity index (χ2n) is 4.66. The Labute approximate surface area is 107 Å². The summed E-state index contributed by atoms with van der Waals surface area (Å²) in [7, 11) is 0. The summed E-state index contributed by atoms with van der Waals surface area (Å²) in [5, 5.41) is 0. The highest BCUT2D eigenvalue weighted by molar-refractivity contribution is 5.94. The van der Waals surface area contributed by atoms with Gasteiger partial charge in [-0.3, -0.25) is 9.59 Å². The number of carbonyl (C=O) groups is 2. The molecule has 0 radical (unpaired) electrons. The van der Waals surface area contributed by atoms with Crippen LogP contribution in [0.5, 0.6) is 5.75 Å². The summed E-state index contributed by atoms with van der Waals surface area (Å²) in [5.41, 5.74) is 3.90. The van der Waals surface area contributed by atoms with E-state index < -0.39 is 0 Å². The third kappa shape index (κ3) is 1.98. The number of anilines is 1. The molecule has 1 aliphatic rings. The fourth-order valence-electron chi connectivity index (χ4n) is 2.51. The van der Waals surface area contributed by atoms with Gasteiger partial charge in [0.1, 0.15) is 5.75 Å². The van der Waals surface area contributed by atoms with Crippen molar-refractivity contribution in [1.82, 2.24) is 0 Å². The molecular formula is C14H17NO3. The molecule has 96 valence electrons. The Morgan fingerprint density at radius 1 is 1.28 bits per heavy atom. The summed E-state index contributed by atoms with van der Waals surface area (Å²) in [6, 6.07) is 1.93. The topological polar surface area (TPSA) is 46.6 Å². The fourth-order valence-corrected chi connectivity index (χ4v) is 2.51. The summed E-state index contributed by atoms with van der Waals surface area (Å²) in [5.74, 6) is 0.363. The molecule has 4 nitrogen and oxygen atoms in total. The number of fused-ring (bicyclic) bond motifs is 1. The van der Waals surface area contributed by atoms with E-state index in [1.165, 1.54) is 6.92 Å². The number of hydrogen-bond acceptors (Lipinski definition) is 3. The molecular weight excluding hydrogens is 230 g/mol. The number of ether oxygens (including phenoxy) is 1. The highest BCUT2D eigenvalue weighted by Crippen LogP contribution is 2.38. The zero-order valence-corrected chi connectivity index (χ0v) is 11.2. The molecule has 0 atom stereocenters. The van der Waals surface area contributed by atoms with Crippen LogP contribution >= 0.6 is 0 Å². The summed E-state index contributed by atoms with van der Waals surface area (Å²) in [6.45, 7) is 7.50. The van der Waals surface area contributed by atoms with E-state index in [4.69, 9.17) is 4.74 Å². The van der Waals surface area contributed by atoms with Gasteiger partial charge in [0.05, 0.1) is 0 Å². The highest BCUT2D eigenvalue weighted by Gasteiger charge is 2.26. The van der Waals surface area contributed by atoms with Crippen molar-refractivity contribution in [2.45, 2.75) is 34.1 Å². The molecule has 1 aliphatic heterocycles. The second kappa shape index (κ2) is 4.44. The van der Waals surface area contributed by atoms with Crippen molar-refractivity contribution in [1.29, 1.82) is 0 Å². The molecule has 0 aliphatic carbocycles. The maximum absolute atomic E-state index is 11.5. The molecule has 1 aromatic carbocycles. The van der Waals surface area contributed by atoms with Gasteiger partial charge in [-0.1, -0.05) is 0 Å². The van der Waals surface area contributed by atoms with Crippen LogP contribution in [0.15, 0.2) is 6.07 Å². The number of esters is 1. The van der Waals surface area contributed by atoms with Gasteiger partial charge in [-0.15, -0.1) is 0 Å². The molecule has 1 aromatic rings. The molecule has 0 bridgehead atoms. The standard InChI is InChI=1S/C14H17NO3/c1-8-7-13-12(5-6-15(13)10(3)16)9(2)14(8)18-11(4)17/h7H,5-6H2,1-4H3. The molecule has 1 heterocycles. The largest absolute Gasteiger partial charge is 0.426 e. The predicted molar refractivity (Wildman–Crippen MR) is 69.0 cm³/mol. The van der Waals surface area contributed by atoms with Gasteiger partial charge in [0.15, 0.2) is 0 Å². The molecule has 0 saturated heterocycles. The van der Waals surface area contributed by atoms with Crippen molar-refractivity contribution in [3.8, 4) is 5.75 Å². The van der Waals surface area contributed by atoms with Gasteiger partial charge in [0, 0.05) is 26.1 Å². The van der Waals surface area contributed by atoms with Gasteiger partial charge < -0.3 is 9.64 Å². The Morgan fingerprint density at radius 2 is 1.94 bits per heavy atom. The number of amides is 1. The maximum Gasteiger partial charge on any atom is 0.308 e. The number of rotatable bonds is 1. The first-order valence-electron chi connectivity index (χ1n) is 6.01. The molecule has 0 saturated carbocycles. The van der Waals surface area contributed by atoms with Gasteiger partial charge in [-0.25, -0.2) is 0 Å². The lowest BCUT2D eigenvalue weighted by Crippen LogP contribution is -2.25. The monoisotopic (exact) mass is 247 g/mol. The average molecular weight is 247 g/mol. The van der Waals surface area contributed by atoms with Gasteiger partial charge in [0.25, 0.3) is 0 Å². The molecule has 4 heteroatoms. The quantitative estimate of drug-likeness (QED) is 0.564. The van der Waals surface area contributed by atoms with Gasteiger partial charge in [-0.05, 0) is 43.0 Å². The third-order valence-electron chi connectivity index (χ3n) is 3.32. The van der Waals surface area contributed by atoms with E-state index in [-0.39, 0.29) is 11.9 Å². The first-order valence-corrected chi connectivity index (χ1v) is 6.01. The lowest BCUT2D eigenvalue weighted by molar-refractivity contribution is -0.132. The molecule has 2 rings (SSSR count). The normalized spacial score (nSPS) is 13.4. The van der Waals surface area contributed by atoms with Crippen LogP contribution in [0.3, 0.4) is 0 Å². The first-order chi connectivity index (χ1) is 8.41. The van der Waals surface area contributed by atoms with Gasteiger partial charge in [0.2, 0.25) is 5.91 Å². The van der Waals surface area contributed by atoms with E-state index in [1.54, 1.807) is 11.8 Å². The van der Waals surface area contributed by atoms with Crippen molar-refractivity contribution in [2.24, 2.45) is 0 Å². The lowest BCUT2D eigenvalue weighted by atomic mass is 10.0. The van der Waals surface area contributed by atoms with E-state index in [0.717, 1.165) is 28.8 Å². The number of aryl methyl sites for hydroxylation is 1. The molecule has 0 N–H and O–H groups in total. The Kier molecular flexibility index (Phi) is 3.11. The van der Waals surface area contributed by atoms with Gasteiger partial charge in [-0.2, -0.15) is 0 Å². The minimum Gasteiger partial charge on any atom is -0.426 e. The Morgan fingerprint density at radius 3 is 2.50 bits per heavy atom. The molecule has 0 unspecified atom stereocenters.